The molecule has 0 atom stereocenters. The molecule has 23 heavy (non-hydrogen) atoms. The fraction of sp³-hybridized carbons (Fsp3) is 0.278. The zero-order valence-electron chi connectivity index (χ0n) is 13.3. The summed E-state index contributed by atoms with van der Waals surface area (Å²) in [5.74, 6) is -0.0633. The molecule has 0 aliphatic carbocycles. The van der Waals surface area contributed by atoms with Crippen LogP contribution in [0.2, 0.25) is 10.0 Å². The van der Waals surface area contributed by atoms with E-state index in [2.05, 4.69) is 22.3 Å². The second kappa shape index (κ2) is 8.34. The van der Waals surface area contributed by atoms with Gasteiger partial charge in [-0.25, -0.2) is 0 Å². The maximum absolute atomic E-state index is 12.0. The lowest BCUT2D eigenvalue weighted by Gasteiger charge is -2.11. The molecule has 0 aliphatic heterocycles. The number of carbonyl (C=O) groups excluding carboxylic acids is 1. The van der Waals surface area contributed by atoms with Crippen LogP contribution in [0.5, 0.6) is 0 Å². The summed E-state index contributed by atoms with van der Waals surface area (Å²) < 4.78 is 0. The summed E-state index contributed by atoms with van der Waals surface area (Å²) in [6.07, 6.45) is 0.245. The summed E-state index contributed by atoms with van der Waals surface area (Å²) in [6, 6.07) is 13.4. The third kappa shape index (κ3) is 5.87. The second-order valence-electron chi connectivity index (χ2n) is 5.74. The van der Waals surface area contributed by atoms with E-state index in [1.54, 1.807) is 18.2 Å². The molecule has 0 radical (unpaired) electrons. The minimum Gasteiger partial charge on any atom is -0.352 e. The summed E-state index contributed by atoms with van der Waals surface area (Å²) in [7, 11) is 4.08. The molecule has 0 saturated heterocycles. The van der Waals surface area contributed by atoms with Gasteiger partial charge in [-0.2, -0.15) is 0 Å². The van der Waals surface area contributed by atoms with Gasteiger partial charge in [-0.1, -0.05) is 53.5 Å². The van der Waals surface area contributed by atoms with Gasteiger partial charge in [0.05, 0.1) is 6.42 Å². The van der Waals surface area contributed by atoms with Crippen molar-refractivity contribution in [3.05, 3.63) is 69.2 Å². The fourth-order valence-corrected chi connectivity index (χ4v) is 2.70. The van der Waals surface area contributed by atoms with Gasteiger partial charge in [0.15, 0.2) is 0 Å². The largest absolute Gasteiger partial charge is 0.352 e. The Morgan fingerprint density at radius 1 is 1.04 bits per heavy atom. The van der Waals surface area contributed by atoms with Gasteiger partial charge in [-0.05, 0) is 42.9 Å². The second-order valence-corrected chi connectivity index (χ2v) is 6.59. The van der Waals surface area contributed by atoms with E-state index in [1.165, 1.54) is 5.56 Å². The zero-order valence-corrected chi connectivity index (χ0v) is 14.8. The van der Waals surface area contributed by atoms with Crippen LogP contribution in [-0.2, 0) is 24.3 Å². The normalized spacial score (nSPS) is 10.8. The van der Waals surface area contributed by atoms with Crippen molar-refractivity contribution < 1.29 is 4.79 Å². The van der Waals surface area contributed by atoms with Crippen molar-refractivity contribution in [2.75, 3.05) is 14.1 Å². The Bertz CT molecular complexity index is 669. The van der Waals surface area contributed by atoms with E-state index in [9.17, 15) is 4.79 Å². The van der Waals surface area contributed by atoms with E-state index < -0.39 is 0 Å². The van der Waals surface area contributed by atoms with Crippen LogP contribution in [0.4, 0.5) is 0 Å². The van der Waals surface area contributed by atoms with Gasteiger partial charge in [-0.3, -0.25) is 4.79 Å². The van der Waals surface area contributed by atoms with E-state index in [0.717, 1.165) is 17.7 Å². The maximum Gasteiger partial charge on any atom is 0.224 e. The van der Waals surface area contributed by atoms with Crippen molar-refractivity contribution in [1.82, 2.24) is 10.2 Å². The first-order valence-electron chi connectivity index (χ1n) is 7.37. The van der Waals surface area contributed by atoms with Gasteiger partial charge in [0.1, 0.15) is 0 Å². The van der Waals surface area contributed by atoms with Gasteiger partial charge in [0.2, 0.25) is 5.91 Å². The average molecular weight is 351 g/mol. The molecule has 0 bridgehead atoms. The van der Waals surface area contributed by atoms with Crippen molar-refractivity contribution in [3.63, 3.8) is 0 Å². The molecular weight excluding hydrogens is 331 g/mol. The average Bonchev–Trinajstić information content (AvgIpc) is 2.49. The molecule has 2 aromatic rings. The molecule has 0 fully saturated rings. The van der Waals surface area contributed by atoms with E-state index in [0.29, 0.717) is 16.6 Å². The van der Waals surface area contributed by atoms with Crippen LogP contribution in [0.1, 0.15) is 16.7 Å². The van der Waals surface area contributed by atoms with Gasteiger partial charge >= 0.3 is 0 Å². The minimum atomic E-state index is -0.0633. The Labute approximate surface area is 147 Å². The minimum absolute atomic E-state index is 0.0633. The van der Waals surface area contributed by atoms with E-state index in [1.807, 2.05) is 26.2 Å². The highest BCUT2D eigenvalue weighted by Gasteiger charge is 2.07. The number of amides is 1. The molecule has 1 amide bonds. The molecule has 1 N–H and O–H groups in total. The van der Waals surface area contributed by atoms with E-state index in [4.69, 9.17) is 23.2 Å². The zero-order chi connectivity index (χ0) is 16.8. The summed E-state index contributed by atoms with van der Waals surface area (Å²) in [4.78, 5) is 14.1. The molecule has 5 heteroatoms. The van der Waals surface area contributed by atoms with Crippen LogP contribution < -0.4 is 5.32 Å². The predicted octanol–water partition coefficient (Wildman–Crippen LogP) is 3.91. The third-order valence-corrected chi connectivity index (χ3v) is 3.96. The lowest BCUT2D eigenvalue weighted by Crippen LogP contribution is -2.24. The molecule has 2 rings (SSSR count). The monoisotopic (exact) mass is 350 g/mol. The third-order valence-electron chi connectivity index (χ3n) is 3.38. The lowest BCUT2D eigenvalue weighted by molar-refractivity contribution is -0.120. The molecule has 0 aromatic heterocycles. The Hall–Kier alpha value is -1.55. The van der Waals surface area contributed by atoms with E-state index in [-0.39, 0.29) is 12.3 Å². The summed E-state index contributed by atoms with van der Waals surface area (Å²) in [5, 5.41) is 3.99. The smallest absolute Gasteiger partial charge is 0.224 e. The first-order valence-corrected chi connectivity index (χ1v) is 8.13. The number of benzene rings is 2. The maximum atomic E-state index is 12.0. The first-order chi connectivity index (χ1) is 10.9. The summed E-state index contributed by atoms with van der Waals surface area (Å²) in [5.41, 5.74) is 3.09. The van der Waals surface area contributed by atoms with Crippen molar-refractivity contribution in [3.8, 4) is 0 Å². The highest BCUT2D eigenvalue weighted by molar-refractivity contribution is 6.35. The summed E-state index contributed by atoms with van der Waals surface area (Å²) >= 11 is 11.9. The Morgan fingerprint density at radius 3 is 2.30 bits per heavy atom. The predicted molar refractivity (Wildman–Crippen MR) is 95.8 cm³/mol. The SMILES string of the molecule is CN(C)Cc1ccc(CNC(=O)Cc2ccc(Cl)cc2Cl)cc1. The molecule has 2 aromatic carbocycles. The number of hydrogen-bond donors (Lipinski definition) is 1. The molecular formula is C18H20Cl2N2O. The van der Waals surface area contributed by atoms with Crippen LogP contribution in [0.3, 0.4) is 0 Å². The Balaban J connectivity index is 1.86. The Morgan fingerprint density at radius 2 is 1.70 bits per heavy atom. The highest BCUT2D eigenvalue weighted by Crippen LogP contribution is 2.21. The van der Waals surface area contributed by atoms with Crippen molar-refractivity contribution in [1.29, 1.82) is 0 Å². The molecule has 122 valence electrons. The number of nitrogens with zero attached hydrogens (tertiary/aromatic N) is 1. The number of halogens is 2. The molecule has 0 aliphatic rings. The topological polar surface area (TPSA) is 32.3 Å². The molecule has 0 saturated carbocycles. The number of rotatable bonds is 6. The van der Waals surface area contributed by atoms with Crippen LogP contribution in [-0.4, -0.2) is 24.9 Å². The van der Waals surface area contributed by atoms with Crippen molar-refractivity contribution in [2.24, 2.45) is 0 Å². The van der Waals surface area contributed by atoms with Crippen molar-refractivity contribution in [2.45, 2.75) is 19.5 Å². The fourth-order valence-electron chi connectivity index (χ4n) is 2.23. The van der Waals surface area contributed by atoms with Crippen molar-refractivity contribution >= 4 is 29.1 Å². The van der Waals surface area contributed by atoms with Gasteiger partial charge in [0, 0.05) is 23.1 Å². The molecule has 0 spiro atoms. The van der Waals surface area contributed by atoms with Gasteiger partial charge in [0.25, 0.3) is 0 Å². The van der Waals surface area contributed by atoms with Crippen LogP contribution >= 0.6 is 23.2 Å². The number of carbonyl (C=O) groups is 1. The van der Waals surface area contributed by atoms with Gasteiger partial charge < -0.3 is 10.2 Å². The standard InChI is InChI=1S/C18H20Cl2N2O/c1-22(2)12-14-5-3-13(4-6-14)11-21-18(23)9-15-7-8-16(19)10-17(15)20/h3-8,10H,9,11-12H2,1-2H3,(H,21,23). The number of hydrogen-bond acceptors (Lipinski definition) is 2. The molecule has 3 nitrogen and oxygen atoms in total. The number of nitrogens with one attached hydrogen (secondary N) is 1. The Kier molecular flexibility index (Phi) is 6.46. The van der Waals surface area contributed by atoms with Crippen LogP contribution in [0, 0.1) is 0 Å². The van der Waals surface area contributed by atoms with E-state index >= 15 is 0 Å². The van der Waals surface area contributed by atoms with Crippen LogP contribution in [0.15, 0.2) is 42.5 Å². The molecule has 0 unspecified atom stereocenters. The van der Waals surface area contributed by atoms with Gasteiger partial charge in [-0.15, -0.1) is 0 Å². The summed E-state index contributed by atoms with van der Waals surface area (Å²) in [6.45, 7) is 1.41. The quantitative estimate of drug-likeness (QED) is 0.856. The van der Waals surface area contributed by atoms with Crippen LogP contribution in [0.25, 0.3) is 0 Å². The first kappa shape index (κ1) is 17.8. The highest BCUT2D eigenvalue weighted by atomic mass is 35.5. The lowest BCUT2D eigenvalue weighted by atomic mass is 10.1. The molecule has 0 heterocycles.